The number of rotatable bonds is 3. The van der Waals surface area contributed by atoms with E-state index in [0.717, 1.165) is 24.3 Å². The predicted octanol–water partition coefficient (Wildman–Crippen LogP) is 2.05. The first-order valence-corrected chi connectivity index (χ1v) is 4.38. The first-order valence-electron chi connectivity index (χ1n) is 4.38. The summed E-state index contributed by atoms with van der Waals surface area (Å²) in [6, 6.07) is 5.06. The molecule has 1 aromatic rings. The summed E-state index contributed by atoms with van der Waals surface area (Å²) in [7, 11) is 0. The van der Waals surface area contributed by atoms with E-state index in [4.69, 9.17) is 0 Å². The second-order valence-corrected chi connectivity index (χ2v) is 3.10. The van der Waals surface area contributed by atoms with Crippen LogP contribution in [0.25, 0.3) is 0 Å². The van der Waals surface area contributed by atoms with E-state index in [0.29, 0.717) is 0 Å². The van der Waals surface area contributed by atoms with Crippen LogP contribution in [0.2, 0.25) is 0 Å². The minimum atomic E-state index is -4.17. The summed E-state index contributed by atoms with van der Waals surface area (Å²) in [5.41, 5.74) is -5.09. The normalized spacial score (nSPS) is 10.9. The molecule has 0 bridgehead atoms. The van der Waals surface area contributed by atoms with E-state index >= 15 is 0 Å². The van der Waals surface area contributed by atoms with Crippen molar-refractivity contribution in [3.8, 4) is 0 Å². The van der Waals surface area contributed by atoms with Crippen LogP contribution in [0.4, 0.5) is 22.3 Å². The fourth-order valence-corrected chi connectivity index (χ4v) is 1.24. The highest BCUT2D eigenvalue weighted by Crippen LogP contribution is 2.31. The smallest absolute Gasteiger partial charge is 0.264 e. The van der Waals surface area contributed by atoms with E-state index in [2.05, 4.69) is 0 Å². The zero-order valence-corrected chi connectivity index (χ0v) is 8.49. The van der Waals surface area contributed by atoms with Gasteiger partial charge in [0.25, 0.3) is 0 Å². The summed E-state index contributed by atoms with van der Waals surface area (Å²) in [6.45, 7) is 0. The van der Waals surface area contributed by atoms with Crippen LogP contribution in [0.15, 0.2) is 30.3 Å². The van der Waals surface area contributed by atoms with Crippen LogP contribution in [0.3, 0.4) is 0 Å². The SMILES string of the molecule is O=C(N(F)F)C(F)(C(=O)N(F)F)c1ccccc1. The van der Waals surface area contributed by atoms with Crippen LogP contribution < -0.4 is 0 Å². The van der Waals surface area contributed by atoms with Crippen molar-refractivity contribution >= 4 is 11.8 Å². The van der Waals surface area contributed by atoms with Crippen LogP contribution in [0, 0.1) is 0 Å². The van der Waals surface area contributed by atoms with E-state index in [1.165, 1.54) is 6.07 Å². The van der Waals surface area contributed by atoms with Gasteiger partial charge in [0.15, 0.2) is 0 Å². The Morgan fingerprint density at radius 2 is 1.28 bits per heavy atom. The standard InChI is InChI=1S/C9H5F5N2O2/c10-9(7(17)15(11)12,8(18)16(13)14)6-4-2-1-3-5-6/h1-5H. The van der Waals surface area contributed by atoms with Gasteiger partial charge in [-0.2, -0.15) is 0 Å². The Labute approximate surface area is 96.9 Å². The molecule has 0 aliphatic heterocycles. The summed E-state index contributed by atoms with van der Waals surface area (Å²) < 4.78 is 62.3. The van der Waals surface area contributed by atoms with Crippen LogP contribution in [-0.2, 0) is 15.3 Å². The molecule has 0 saturated heterocycles. The lowest BCUT2D eigenvalue weighted by Crippen LogP contribution is -2.47. The maximum Gasteiger partial charge on any atom is 0.335 e. The number of amides is 2. The Kier molecular flexibility index (Phi) is 3.84. The summed E-state index contributed by atoms with van der Waals surface area (Å²) >= 11 is 0. The van der Waals surface area contributed by atoms with Gasteiger partial charge in [0.05, 0.1) is 0 Å². The zero-order chi connectivity index (χ0) is 13.9. The molecule has 0 radical (unpaired) electrons. The highest BCUT2D eigenvalue weighted by atomic mass is 19.4. The number of halogens is 5. The van der Waals surface area contributed by atoms with Gasteiger partial charge in [0.2, 0.25) is 0 Å². The molecule has 0 atom stereocenters. The number of hydrogen-bond donors (Lipinski definition) is 0. The Bertz CT molecular complexity index is 432. The quantitative estimate of drug-likeness (QED) is 0.478. The maximum atomic E-state index is 14.1. The topological polar surface area (TPSA) is 40.6 Å². The van der Waals surface area contributed by atoms with Crippen molar-refractivity contribution in [3.63, 3.8) is 0 Å². The molecule has 0 heterocycles. The largest absolute Gasteiger partial charge is 0.335 e. The molecule has 0 aromatic heterocycles. The molecule has 9 heteroatoms. The van der Waals surface area contributed by atoms with Gasteiger partial charge in [-0.15, -0.1) is 0 Å². The van der Waals surface area contributed by atoms with Gasteiger partial charge < -0.3 is 0 Å². The Morgan fingerprint density at radius 1 is 0.889 bits per heavy atom. The molecule has 0 unspecified atom stereocenters. The molecule has 1 aromatic carbocycles. The minimum Gasteiger partial charge on any atom is -0.264 e. The average Bonchev–Trinajstić information content (AvgIpc) is 2.36. The summed E-state index contributed by atoms with van der Waals surface area (Å²) in [5.74, 6) is -5.39. The van der Waals surface area contributed by atoms with Gasteiger partial charge in [-0.25, -0.2) is 4.39 Å². The van der Waals surface area contributed by atoms with Gasteiger partial charge in [-0.3, -0.25) is 9.59 Å². The molecular formula is C9H5F5N2O2. The molecule has 98 valence electrons. The molecule has 0 aliphatic carbocycles. The molecule has 18 heavy (non-hydrogen) atoms. The van der Waals surface area contributed by atoms with E-state index < -0.39 is 33.7 Å². The first kappa shape index (κ1) is 13.9. The van der Waals surface area contributed by atoms with Crippen molar-refractivity contribution < 1.29 is 31.9 Å². The predicted molar refractivity (Wildman–Crippen MR) is 47.4 cm³/mol. The third-order valence-corrected chi connectivity index (χ3v) is 2.07. The summed E-state index contributed by atoms with van der Waals surface area (Å²) in [4.78, 5) is 21.9. The number of carbonyl (C=O) groups excluding carboxylic acids is 2. The first-order chi connectivity index (χ1) is 8.31. The van der Waals surface area contributed by atoms with Crippen LogP contribution in [-0.4, -0.2) is 22.5 Å². The number of carbonyl (C=O) groups is 2. The molecule has 0 N–H and O–H groups in total. The van der Waals surface area contributed by atoms with Crippen molar-refractivity contribution in [3.05, 3.63) is 35.9 Å². The fraction of sp³-hybridized carbons (Fsp3) is 0.111. The van der Waals surface area contributed by atoms with Crippen molar-refractivity contribution in [2.24, 2.45) is 0 Å². The second-order valence-electron chi connectivity index (χ2n) is 3.10. The maximum absolute atomic E-state index is 14.1. The third-order valence-electron chi connectivity index (χ3n) is 2.07. The number of alkyl halides is 1. The molecule has 0 saturated carbocycles. The van der Waals surface area contributed by atoms with E-state index in [-0.39, 0.29) is 0 Å². The highest BCUT2D eigenvalue weighted by Gasteiger charge is 2.55. The van der Waals surface area contributed by atoms with Crippen molar-refractivity contribution in [2.75, 3.05) is 0 Å². The van der Waals surface area contributed by atoms with Gasteiger partial charge in [-0.1, -0.05) is 48.3 Å². The molecule has 0 fully saturated rings. The van der Waals surface area contributed by atoms with Gasteiger partial charge >= 0.3 is 17.5 Å². The Hall–Kier alpha value is -2.19. The molecule has 2 amide bonds. The molecule has 0 aliphatic rings. The van der Waals surface area contributed by atoms with E-state index in [1.807, 2.05) is 0 Å². The highest BCUT2D eigenvalue weighted by molar-refractivity contribution is 6.07. The lowest BCUT2D eigenvalue weighted by molar-refractivity contribution is -0.220. The molecule has 4 nitrogen and oxygen atoms in total. The van der Waals surface area contributed by atoms with E-state index in [1.54, 1.807) is 0 Å². The van der Waals surface area contributed by atoms with Gasteiger partial charge in [-0.05, 0) is 0 Å². The molecular weight excluding hydrogens is 263 g/mol. The van der Waals surface area contributed by atoms with Crippen LogP contribution >= 0.6 is 0 Å². The summed E-state index contributed by atoms with van der Waals surface area (Å²) in [6.07, 6.45) is 0. The number of hydrogen-bond acceptors (Lipinski definition) is 2. The number of benzene rings is 1. The molecule has 0 spiro atoms. The molecule has 1 rings (SSSR count). The lowest BCUT2D eigenvalue weighted by Gasteiger charge is -2.21. The van der Waals surface area contributed by atoms with Gasteiger partial charge in [0, 0.05) is 16.3 Å². The average molecular weight is 268 g/mol. The Morgan fingerprint density at radius 3 is 1.61 bits per heavy atom. The lowest BCUT2D eigenvalue weighted by atomic mass is 9.94. The van der Waals surface area contributed by atoms with Crippen molar-refractivity contribution in [2.45, 2.75) is 5.67 Å². The number of nitrogens with zero attached hydrogens (tertiary/aromatic N) is 2. The third kappa shape index (κ3) is 2.24. The summed E-state index contributed by atoms with van der Waals surface area (Å²) in [5, 5.41) is -4.51. The van der Waals surface area contributed by atoms with Gasteiger partial charge in [0.1, 0.15) is 0 Å². The second kappa shape index (κ2) is 4.98. The van der Waals surface area contributed by atoms with E-state index in [9.17, 15) is 31.9 Å². The minimum absolute atomic E-state index is 0.767. The van der Waals surface area contributed by atoms with Crippen LogP contribution in [0.5, 0.6) is 0 Å². The zero-order valence-electron chi connectivity index (χ0n) is 8.49. The van der Waals surface area contributed by atoms with Crippen LogP contribution in [0.1, 0.15) is 5.56 Å². The van der Waals surface area contributed by atoms with Crippen molar-refractivity contribution in [1.29, 1.82) is 0 Å². The monoisotopic (exact) mass is 268 g/mol. The van der Waals surface area contributed by atoms with Crippen molar-refractivity contribution in [1.82, 2.24) is 10.7 Å². The fourth-order valence-electron chi connectivity index (χ4n) is 1.24. The Balaban J connectivity index is 3.35.